The molecule has 5 nitrogen and oxygen atoms in total. The molecule has 0 unspecified atom stereocenters. The minimum absolute atomic E-state index is 0.168. The van der Waals surface area contributed by atoms with E-state index >= 15 is 0 Å². The van der Waals surface area contributed by atoms with Gasteiger partial charge in [-0.3, -0.25) is 15.1 Å². The van der Waals surface area contributed by atoms with Crippen molar-refractivity contribution in [2.45, 2.75) is 6.54 Å². The lowest BCUT2D eigenvalue weighted by Gasteiger charge is -2.08. The Morgan fingerprint density at radius 3 is 3.05 bits per heavy atom. The topological polar surface area (TPSA) is 68.1 Å². The molecule has 0 bridgehead atoms. The summed E-state index contributed by atoms with van der Waals surface area (Å²) in [6.07, 6.45) is 3.57. The van der Waals surface area contributed by atoms with E-state index in [4.69, 9.17) is 0 Å². The number of hydrogen-bond acceptors (Lipinski definition) is 5. The molecule has 0 saturated carbocycles. The summed E-state index contributed by atoms with van der Waals surface area (Å²) in [4.78, 5) is 14.4. The van der Waals surface area contributed by atoms with Crippen molar-refractivity contribution in [1.29, 1.82) is 0 Å². The summed E-state index contributed by atoms with van der Waals surface area (Å²) in [5.41, 5.74) is 1.88. The molecule has 6 heteroatoms. The van der Waals surface area contributed by atoms with Gasteiger partial charge in [0.2, 0.25) is 0 Å². The molecule has 3 aromatic rings. The molecule has 0 spiro atoms. The second-order valence-corrected chi connectivity index (χ2v) is 5.20. The Morgan fingerprint density at radius 1 is 1.35 bits per heavy atom. The summed E-state index contributed by atoms with van der Waals surface area (Å²) in [5, 5.41) is 18.1. The van der Waals surface area contributed by atoms with E-state index in [0.717, 1.165) is 33.4 Å². The van der Waals surface area contributed by atoms with Crippen LogP contribution in [-0.2, 0) is 6.54 Å². The van der Waals surface area contributed by atoms with Crippen LogP contribution in [0.4, 0.5) is 10.7 Å². The minimum atomic E-state index is -0.365. The fourth-order valence-corrected chi connectivity index (χ4v) is 2.74. The smallest absolute Gasteiger partial charge is 0.324 e. The van der Waals surface area contributed by atoms with Gasteiger partial charge >= 0.3 is 5.00 Å². The molecular formula is C14H11N3O2S. The molecule has 0 aliphatic heterocycles. The average Bonchev–Trinajstić information content (AvgIpc) is 2.94. The molecule has 2 aromatic heterocycles. The molecule has 0 aliphatic rings. The van der Waals surface area contributed by atoms with Gasteiger partial charge in [0.15, 0.2) is 0 Å². The van der Waals surface area contributed by atoms with E-state index in [0.29, 0.717) is 6.54 Å². The number of pyridine rings is 1. The summed E-state index contributed by atoms with van der Waals surface area (Å²) in [6, 6.07) is 9.53. The van der Waals surface area contributed by atoms with Gasteiger partial charge < -0.3 is 5.32 Å². The SMILES string of the molecule is O=[N+]([O-])c1cc(CNc2cccc3ccncc23)cs1. The van der Waals surface area contributed by atoms with Gasteiger partial charge in [-0.15, -0.1) is 0 Å². The quantitative estimate of drug-likeness (QED) is 0.584. The van der Waals surface area contributed by atoms with Gasteiger partial charge in [-0.2, -0.15) is 0 Å². The van der Waals surface area contributed by atoms with Crippen LogP contribution in [-0.4, -0.2) is 9.91 Å². The van der Waals surface area contributed by atoms with Crippen LogP contribution >= 0.6 is 11.3 Å². The predicted octanol–water partition coefficient (Wildman–Crippen LogP) is 3.82. The molecule has 2 heterocycles. The number of nitrogens with zero attached hydrogens (tertiary/aromatic N) is 2. The summed E-state index contributed by atoms with van der Waals surface area (Å²) >= 11 is 1.14. The van der Waals surface area contributed by atoms with Gasteiger partial charge in [-0.1, -0.05) is 23.5 Å². The van der Waals surface area contributed by atoms with Gasteiger partial charge in [0.05, 0.1) is 4.92 Å². The van der Waals surface area contributed by atoms with Crippen molar-refractivity contribution >= 4 is 32.8 Å². The Kier molecular flexibility index (Phi) is 3.30. The summed E-state index contributed by atoms with van der Waals surface area (Å²) in [7, 11) is 0. The summed E-state index contributed by atoms with van der Waals surface area (Å²) in [6.45, 7) is 0.554. The molecule has 20 heavy (non-hydrogen) atoms. The van der Waals surface area contributed by atoms with Crippen LogP contribution in [0, 0.1) is 10.1 Å². The first-order chi connectivity index (χ1) is 9.74. The zero-order valence-corrected chi connectivity index (χ0v) is 11.3. The minimum Gasteiger partial charge on any atom is -0.380 e. The number of aromatic nitrogens is 1. The molecule has 0 fully saturated rings. The van der Waals surface area contributed by atoms with Crippen molar-refractivity contribution in [3.8, 4) is 0 Å². The van der Waals surface area contributed by atoms with Crippen LogP contribution in [0.2, 0.25) is 0 Å². The fourth-order valence-electron chi connectivity index (χ4n) is 2.02. The lowest BCUT2D eigenvalue weighted by atomic mass is 10.1. The molecule has 1 N–H and O–H groups in total. The van der Waals surface area contributed by atoms with E-state index in [1.165, 1.54) is 0 Å². The lowest BCUT2D eigenvalue weighted by molar-refractivity contribution is -0.380. The Morgan fingerprint density at radius 2 is 2.25 bits per heavy atom. The number of benzene rings is 1. The van der Waals surface area contributed by atoms with E-state index in [1.807, 2.05) is 30.5 Å². The van der Waals surface area contributed by atoms with Crippen LogP contribution in [0.15, 0.2) is 48.1 Å². The normalized spacial score (nSPS) is 10.6. The molecule has 0 aliphatic carbocycles. The number of hydrogen-bond donors (Lipinski definition) is 1. The van der Waals surface area contributed by atoms with Gasteiger partial charge in [0, 0.05) is 41.5 Å². The Bertz CT molecular complexity index is 764. The van der Waals surface area contributed by atoms with Gasteiger partial charge in [0.1, 0.15) is 0 Å². The Balaban J connectivity index is 1.81. The fraction of sp³-hybridized carbons (Fsp3) is 0.0714. The standard InChI is InChI=1S/C14H11N3O2S/c18-17(19)14-6-10(9-20-14)7-16-13-3-1-2-11-4-5-15-8-12(11)13/h1-6,8-9,16H,7H2. The maximum absolute atomic E-state index is 10.7. The zero-order valence-electron chi connectivity index (χ0n) is 10.4. The van der Waals surface area contributed by atoms with Crippen molar-refractivity contribution in [3.05, 3.63) is 63.8 Å². The highest BCUT2D eigenvalue weighted by Gasteiger charge is 2.09. The van der Waals surface area contributed by atoms with Crippen molar-refractivity contribution in [2.24, 2.45) is 0 Å². The number of nitro groups is 1. The van der Waals surface area contributed by atoms with Crippen LogP contribution < -0.4 is 5.32 Å². The predicted molar refractivity (Wildman–Crippen MR) is 80.0 cm³/mol. The molecule has 100 valence electrons. The third-order valence-electron chi connectivity index (χ3n) is 2.99. The van der Waals surface area contributed by atoms with Gasteiger partial charge in [-0.05, 0) is 23.1 Å². The van der Waals surface area contributed by atoms with Crippen molar-refractivity contribution in [3.63, 3.8) is 0 Å². The van der Waals surface area contributed by atoms with Crippen LogP contribution in [0.25, 0.3) is 10.8 Å². The molecule has 0 atom stereocenters. The van der Waals surface area contributed by atoms with Crippen LogP contribution in [0.5, 0.6) is 0 Å². The zero-order chi connectivity index (χ0) is 13.9. The monoisotopic (exact) mass is 285 g/mol. The van der Waals surface area contributed by atoms with Gasteiger partial charge in [0.25, 0.3) is 0 Å². The first-order valence-corrected chi connectivity index (χ1v) is 6.90. The number of thiophene rings is 1. The van der Waals surface area contributed by atoms with E-state index in [-0.39, 0.29) is 9.92 Å². The van der Waals surface area contributed by atoms with Crippen LogP contribution in [0.1, 0.15) is 5.56 Å². The van der Waals surface area contributed by atoms with Crippen LogP contribution in [0.3, 0.4) is 0 Å². The molecule has 0 saturated heterocycles. The second-order valence-electron chi connectivity index (χ2n) is 4.31. The Hall–Kier alpha value is -2.47. The maximum atomic E-state index is 10.7. The van der Waals surface area contributed by atoms with E-state index in [9.17, 15) is 10.1 Å². The van der Waals surface area contributed by atoms with Gasteiger partial charge in [-0.25, -0.2) is 0 Å². The van der Waals surface area contributed by atoms with Crippen molar-refractivity contribution < 1.29 is 4.92 Å². The molecule has 3 rings (SSSR count). The number of fused-ring (bicyclic) bond motifs is 1. The molecule has 0 amide bonds. The second kappa shape index (κ2) is 5.26. The lowest BCUT2D eigenvalue weighted by Crippen LogP contribution is -1.98. The van der Waals surface area contributed by atoms with Crippen molar-refractivity contribution in [2.75, 3.05) is 5.32 Å². The molecular weight excluding hydrogens is 274 g/mol. The highest BCUT2D eigenvalue weighted by molar-refractivity contribution is 7.13. The third-order valence-corrected chi connectivity index (χ3v) is 3.92. The first-order valence-electron chi connectivity index (χ1n) is 6.02. The molecule has 0 radical (unpaired) electrons. The number of rotatable bonds is 4. The van der Waals surface area contributed by atoms with E-state index in [2.05, 4.69) is 10.3 Å². The third kappa shape index (κ3) is 2.46. The highest BCUT2D eigenvalue weighted by atomic mass is 32.1. The maximum Gasteiger partial charge on any atom is 0.324 e. The largest absolute Gasteiger partial charge is 0.380 e. The number of nitrogens with one attached hydrogen (secondary N) is 1. The van der Waals surface area contributed by atoms with E-state index in [1.54, 1.807) is 17.6 Å². The number of anilines is 1. The summed E-state index contributed by atoms with van der Waals surface area (Å²) < 4.78 is 0. The van der Waals surface area contributed by atoms with E-state index < -0.39 is 0 Å². The highest BCUT2D eigenvalue weighted by Crippen LogP contribution is 2.25. The average molecular weight is 285 g/mol. The Labute approximate surface area is 119 Å². The molecule has 1 aromatic carbocycles. The summed E-state index contributed by atoms with van der Waals surface area (Å²) in [5.74, 6) is 0. The van der Waals surface area contributed by atoms with Crippen molar-refractivity contribution in [1.82, 2.24) is 4.98 Å². The first kappa shape index (κ1) is 12.6.